The van der Waals surface area contributed by atoms with Gasteiger partial charge in [-0.3, -0.25) is 0 Å². The summed E-state index contributed by atoms with van der Waals surface area (Å²) >= 11 is 0. The summed E-state index contributed by atoms with van der Waals surface area (Å²) in [7, 11) is 1.94. The molecular formula is C9H17NY-2. The summed E-state index contributed by atoms with van der Waals surface area (Å²) in [6, 6.07) is 0.631. The van der Waals surface area contributed by atoms with Crippen molar-refractivity contribution in [3.05, 3.63) is 12.2 Å². The summed E-state index contributed by atoms with van der Waals surface area (Å²) < 4.78 is 0. The van der Waals surface area contributed by atoms with E-state index in [1.165, 1.54) is 25.7 Å². The summed E-state index contributed by atoms with van der Waals surface area (Å²) in [4.78, 5) is 0. The fraction of sp³-hybridized carbons (Fsp3) is 0.889. The van der Waals surface area contributed by atoms with Crippen molar-refractivity contribution < 1.29 is 32.7 Å². The van der Waals surface area contributed by atoms with Crippen LogP contribution in [0.3, 0.4) is 0 Å². The topological polar surface area (TPSA) is 14.1 Å². The maximum atomic E-state index is 4.36. The molecule has 0 amide bonds. The van der Waals surface area contributed by atoms with Crippen LogP contribution in [0.5, 0.6) is 0 Å². The third-order valence-electron chi connectivity index (χ3n) is 2.57. The van der Waals surface area contributed by atoms with Crippen molar-refractivity contribution in [3.63, 3.8) is 0 Å². The van der Waals surface area contributed by atoms with E-state index in [2.05, 4.69) is 12.2 Å². The quantitative estimate of drug-likeness (QED) is 0.645. The second-order valence-electron chi connectivity index (χ2n) is 3.16. The molecule has 1 fully saturated rings. The average Bonchev–Trinajstić information content (AvgIpc) is 2.04. The maximum absolute atomic E-state index is 4.36. The molecule has 1 aliphatic carbocycles. The molecule has 2 atom stereocenters. The third kappa shape index (κ3) is 3.52. The number of hydrogen-bond acceptors (Lipinski definition) is 0. The van der Waals surface area contributed by atoms with E-state index in [-0.39, 0.29) is 32.7 Å². The first-order valence-corrected chi connectivity index (χ1v) is 4.26. The van der Waals surface area contributed by atoms with Crippen molar-refractivity contribution in [2.24, 2.45) is 5.92 Å². The minimum atomic E-state index is 0. The smallest absolute Gasteiger partial charge is 0 e. The molecule has 0 saturated heterocycles. The van der Waals surface area contributed by atoms with Crippen LogP contribution in [-0.4, -0.2) is 13.1 Å². The molecular weight excluding hydrogens is 211 g/mol. The number of hydrogen-bond donors (Lipinski definition) is 0. The van der Waals surface area contributed by atoms with Crippen LogP contribution in [0.1, 0.15) is 32.1 Å². The predicted octanol–water partition coefficient (Wildman–Crippen LogP) is 2.77. The molecule has 0 N–H and O–H groups in total. The SMILES string of the molecule is [CH2-]CC1CCCCC1[N-]C.[Y]. The van der Waals surface area contributed by atoms with Gasteiger partial charge in [-0.2, -0.15) is 13.5 Å². The van der Waals surface area contributed by atoms with Crippen molar-refractivity contribution in [3.8, 4) is 0 Å². The Hall–Kier alpha value is 1.06. The first kappa shape index (κ1) is 12.1. The van der Waals surface area contributed by atoms with E-state index in [0.29, 0.717) is 6.04 Å². The van der Waals surface area contributed by atoms with Crippen LogP contribution in [0.2, 0.25) is 0 Å². The zero-order valence-electron chi connectivity index (χ0n) is 7.42. The Morgan fingerprint density at radius 1 is 1.36 bits per heavy atom. The van der Waals surface area contributed by atoms with Gasteiger partial charge in [-0.1, -0.05) is 31.6 Å². The van der Waals surface area contributed by atoms with Gasteiger partial charge in [0.05, 0.1) is 0 Å². The van der Waals surface area contributed by atoms with Gasteiger partial charge in [-0.05, 0) is 0 Å². The van der Waals surface area contributed by atoms with Crippen LogP contribution in [0.25, 0.3) is 5.32 Å². The van der Waals surface area contributed by atoms with E-state index in [1.54, 1.807) is 0 Å². The minimum absolute atomic E-state index is 0. The van der Waals surface area contributed by atoms with E-state index in [9.17, 15) is 0 Å². The molecule has 1 saturated carbocycles. The van der Waals surface area contributed by atoms with E-state index < -0.39 is 0 Å². The molecule has 1 rings (SSSR count). The molecule has 0 aromatic carbocycles. The van der Waals surface area contributed by atoms with Crippen LogP contribution in [0.4, 0.5) is 0 Å². The second-order valence-corrected chi connectivity index (χ2v) is 3.16. The molecule has 11 heavy (non-hydrogen) atoms. The standard InChI is InChI=1S/C9H17N.Y/c1-3-8-6-4-5-7-9(8)10-2;/h8-9H,1,3-7H2,2H3;/q-2;. The largest absolute Gasteiger partial charge is 0.662 e. The molecule has 63 valence electrons. The van der Waals surface area contributed by atoms with Gasteiger partial charge in [0.1, 0.15) is 0 Å². The maximum Gasteiger partial charge on any atom is 0 e. The van der Waals surface area contributed by atoms with Crippen LogP contribution < -0.4 is 0 Å². The molecule has 0 bridgehead atoms. The van der Waals surface area contributed by atoms with Gasteiger partial charge < -0.3 is 12.2 Å². The summed E-state index contributed by atoms with van der Waals surface area (Å²) in [6.07, 6.45) is 6.49. The normalized spacial score (nSPS) is 31.1. The molecule has 0 aromatic rings. The molecule has 1 aliphatic rings. The Labute approximate surface area is 95.6 Å². The van der Waals surface area contributed by atoms with E-state index in [0.717, 1.165) is 12.3 Å². The van der Waals surface area contributed by atoms with Crippen LogP contribution >= 0.6 is 0 Å². The van der Waals surface area contributed by atoms with E-state index in [1.807, 2.05) is 7.05 Å². The Morgan fingerprint density at radius 3 is 2.45 bits per heavy atom. The Balaban J connectivity index is 0.000001000. The summed E-state index contributed by atoms with van der Waals surface area (Å²) in [5, 5.41) is 4.36. The van der Waals surface area contributed by atoms with Crippen molar-refractivity contribution in [1.82, 2.24) is 0 Å². The monoisotopic (exact) mass is 228 g/mol. The van der Waals surface area contributed by atoms with Crippen LogP contribution in [0, 0.1) is 12.8 Å². The van der Waals surface area contributed by atoms with Crippen LogP contribution in [-0.2, 0) is 32.7 Å². The molecule has 0 heterocycles. The Morgan fingerprint density at radius 2 is 2.00 bits per heavy atom. The van der Waals surface area contributed by atoms with Gasteiger partial charge in [0.25, 0.3) is 0 Å². The molecule has 0 aliphatic heterocycles. The summed E-state index contributed by atoms with van der Waals surface area (Å²) in [5.74, 6) is 0.791. The van der Waals surface area contributed by atoms with Gasteiger partial charge >= 0.3 is 0 Å². The van der Waals surface area contributed by atoms with Gasteiger partial charge in [-0.25, -0.2) is 0 Å². The Bertz CT molecular complexity index is 83.6. The predicted molar refractivity (Wildman–Crippen MR) is 45.0 cm³/mol. The van der Waals surface area contributed by atoms with Crippen molar-refractivity contribution in [2.45, 2.75) is 38.1 Å². The first-order valence-electron chi connectivity index (χ1n) is 4.26. The van der Waals surface area contributed by atoms with Crippen molar-refractivity contribution >= 4 is 0 Å². The zero-order valence-corrected chi connectivity index (χ0v) is 10.3. The number of rotatable bonds is 2. The molecule has 2 heteroatoms. The van der Waals surface area contributed by atoms with E-state index >= 15 is 0 Å². The fourth-order valence-electron chi connectivity index (χ4n) is 1.86. The first-order chi connectivity index (χ1) is 4.88. The van der Waals surface area contributed by atoms with Gasteiger partial charge in [0, 0.05) is 32.7 Å². The van der Waals surface area contributed by atoms with Crippen molar-refractivity contribution in [1.29, 1.82) is 0 Å². The van der Waals surface area contributed by atoms with Crippen LogP contribution in [0.15, 0.2) is 0 Å². The molecule has 2 unspecified atom stereocenters. The second kappa shape index (κ2) is 6.57. The fourth-order valence-corrected chi connectivity index (χ4v) is 1.86. The third-order valence-corrected chi connectivity index (χ3v) is 2.57. The molecule has 1 nitrogen and oxygen atoms in total. The molecule has 0 spiro atoms. The summed E-state index contributed by atoms with van der Waals surface area (Å²) in [6.45, 7) is 3.95. The Kier molecular flexibility index (Phi) is 7.20. The van der Waals surface area contributed by atoms with Gasteiger partial charge in [0.15, 0.2) is 0 Å². The van der Waals surface area contributed by atoms with Crippen molar-refractivity contribution in [2.75, 3.05) is 7.05 Å². The minimum Gasteiger partial charge on any atom is -0.662 e. The average molecular weight is 228 g/mol. The number of nitrogens with zero attached hydrogens (tertiary/aromatic N) is 1. The summed E-state index contributed by atoms with van der Waals surface area (Å²) in [5.41, 5.74) is 0. The molecule has 1 radical (unpaired) electrons. The molecule has 0 aromatic heterocycles. The van der Waals surface area contributed by atoms with Gasteiger partial charge in [-0.15, -0.1) is 6.04 Å². The van der Waals surface area contributed by atoms with Gasteiger partial charge in [0.2, 0.25) is 0 Å². The zero-order chi connectivity index (χ0) is 7.40. The van der Waals surface area contributed by atoms with E-state index in [4.69, 9.17) is 0 Å².